The van der Waals surface area contributed by atoms with Gasteiger partial charge >= 0.3 is 12.0 Å². The number of piperidine rings is 1. The van der Waals surface area contributed by atoms with E-state index in [4.69, 9.17) is 9.47 Å². The number of nitrogens with one attached hydrogen (secondary N) is 2. The summed E-state index contributed by atoms with van der Waals surface area (Å²) >= 11 is 0. The van der Waals surface area contributed by atoms with Gasteiger partial charge in [0, 0.05) is 36.1 Å². The van der Waals surface area contributed by atoms with Gasteiger partial charge in [-0.3, -0.25) is 0 Å². The van der Waals surface area contributed by atoms with Crippen molar-refractivity contribution in [3.63, 3.8) is 0 Å². The second-order valence-electron chi connectivity index (χ2n) is 8.80. The van der Waals surface area contributed by atoms with Crippen molar-refractivity contribution in [2.75, 3.05) is 26.8 Å². The lowest BCUT2D eigenvalue weighted by Crippen LogP contribution is -2.52. The van der Waals surface area contributed by atoms with Crippen LogP contribution in [-0.2, 0) is 9.53 Å². The lowest BCUT2D eigenvalue weighted by atomic mass is 9.89. The Hall–Kier alpha value is -3.48. The van der Waals surface area contributed by atoms with Crippen LogP contribution in [0.1, 0.15) is 49.7 Å². The lowest BCUT2D eigenvalue weighted by molar-refractivity contribution is -0.145. The fraction of sp³-hybridized carbons (Fsp3) is 0.407. The molecule has 0 radical (unpaired) electrons. The number of aromatic nitrogens is 1. The second-order valence-corrected chi connectivity index (χ2v) is 8.80. The van der Waals surface area contributed by atoms with Crippen LogP contribution in [0.5, 0.6) is 5.75 Å². The minimum absolute atomic E-state index is 0.228. The van der Waals surface area contributed by atoms with Crippen molar-refractivity contribution in [1.29, 1.82) is 0 Å². The Bertz CT molecular complexity index is 1130. The zero-order valence-electron chi connectivity index (χ0n) is 20.0. The molecule has 1 aliphatic heterocycles. The van der Waals surface area contributed by atoms with Crippen molar-refractivity contribution in [3.8, 4) is 5.75 Å². The van der Waals surface area contributed by atoms with E-state index >= 15 is 0 Å². The van der Waals surface area contributed by atoms with Gasteiger partial charge < -0.3 is 24.7 Å². The maximum absolute atomic E-state index is 13.2. The number of urea groups is 1. The molecule has 0 aliphatic carbocycles. The molecule has 0 spiro atoms. The fourth-order valence-electron chi connectivity index (χ4n) is 4.81. The van der Waals surface area contributed by atoms with Crippen LogP contribution < -0.4 is 10.1 Å². The Morgan fingerprint density at radius 3 is 2.65 bits per heavy atom. The summed E-state index contributed by atoms with van der Waals surface area (Å²) in [7, 11) is 1.67. The zero-order valence-corrected chi connectivity index (χ0v) is 20.0. The number of aromatic amines is 1. The zero-order chi connectivity index (χ0) is 24.1. The first-order valence-corrected chi connectivity index (χ1v) is 11.9. The number of para-hydroxylation sites is 1. The minimum Gasteiger partial charge on any atom is -0.497 e. The number of rotatable bonds is 7. The van der Waals surface area contributed by atoms with E-state index in [1.807, 2.05) is 49.5 Å². The van der Waals surface area contributed by atoms with Crippen LogP contribution in [-0.4, -0.2) is 54.7 Å². The summed E-state index contributed by atoms with van der Waals surface area (Å²) in [6.07, 6.45) is 3.64. The summed E-state index contributed by atoms with van der Waals surface area (Å²) < 4.78 is 10.7. The van der Waals surface area contributed by atoms with Crippen molar-refractivity contribution in [1.82, 2.24) is 15.2 Å². The predicted octanol–water partition coefficient (Wildman–Crippen LogP) is 4.80. The number of hydrogen-bond donors (Lipinski definition) is 2. The molecule has 1 fully saturated rings. The van der Waals surface area contributed by atoms with Gasteiger partial charge in [0.2, 0.25) is 0 Å². The molecule has 180 valence electrons. The number of methoxy groups -OCH3 is 1. The predicted molar refractivity (Wildman–Crippen MR) is 132 cm³/mol. The van der Waals surface area contributed by atoms with E-state index in [0.717, 1.165) is 35.1 Å². The summed E-state index contributed by atoms with van der Waals surface area (Å²) in [5.41, 5.74) is 3.21. The number of carbonyl (C=O) groups excluding carboxylic acids is 2. The van der Waals surface area contributed by atoms with Crippen LogP contribution in [0.2, 0.25) is 0 Å². The standard InChI is InChI=1S/C27H33N3O4/c1-4-34-26(31)25(18(2)23-17-28-24-11-6-5-10-22(23)24)29-27(32)30-14-12-19(13-15-30)20-8-7-9-21(16-20)33-3/h5-11,16-19,25,28H,4,12-15H2,1-3H3,(H,29,32)/t18-,25+/m0/s1. The maximum Gasteiger partial charge on any atom is 0.329 e. The Morgan fingerprint density at radius 1 is 1.15 bits per heavy atom. The number of likely N-dealkylation sites (tertiary alicyclic amines) is 1. The van der Waals surface area contributed by atoms with Crippen molar-refractivity contribution in [2.45, 2.75) is 44.6 Å². The number of amides is 2. The van der Waals surface area contributed by atoms with Gasteiger partial charge in [-0.1, -0.05) is 37.3 Å². The number of esters is 1. The second kappa shape index (κ2) is 10.6. The Balaban J connectivity index is 1.44. The first-order chi connectivity index (χ1) is 16.5. The maximum atomic E-state index is 13.2. The fourth-order valence-corrected chi connectivity index (χ4v) is 4.81. The summed E-state index contributed by atoms with van der Waals surface area (Å²) in [6, 6.07) is 15.1. The summed E-state index contributed by atoms with van der Waals surface area (Å²) in [5.74, 6) is 0.555. The molecule has 34 heavy (non-hydrogen) atoms. The van der Waals surface area contributed by atoms with Crippen molar-refractivity contribution >= 4 is 22.9 Å². The molecular weight excluding hydrogens is 430 g/mol. The van der Waals surface area contributed by atoms with E-state index < -0.39 is 12.0 Å². The van der Waals surface area contributed by atoms with E-state index in [9.17, 15) is 9.59 Å². The number of H-pyrrole nitrogens is 1. The lowest BCUT2D eigenvalue weighted by Gasteiger charge is -2.34. The van der Waals surface area contributed by atoms with E-state index in [2.05, 4.69) is 22.4 Å². The molecule has 2 heterocycles. The van der Waals surface area contributed by atoms with Gasteiger partial charge in [0.15, 0.2) is 0 Å². The highest BCUT2D eigenvalue weighted by Gasteiger charge is 2.33. The van der Waals surface area contributed by atoms with Gasteiger partial charge in [-0.05, 0) is 55.0 Å². The molecule has 0 saturated carbocycles. The molecule has 7 heteroatoms. The van der Waals surface area contributed by atoms with Gasteiger partial charge in [-0.25, -0.2) is 9.59 Å². The van der Waals surface area contributed by atoms with Gasteiger partial charge in [0.25, 0.3) is 0 Å². The normalized spacial score (nSPS) is 16.1. The Labute approximate surface area is 200 Å². The van der Waals surface area contributed by atoms with Crippen LogP contribution in [0.4, 0.5) is 4.79 Å². The molecule has 1 aliphatic rings. The number of fused-ring (bicyclic) bond motifs is 1. The number of carbonyl (C=O) groups is 2. The highest BCUT2D eigenvalue weighted by atomic mass is 16.5. The molecule has 0 unspecified atom stereocenters. The molecule has 3 aromatic rings. The van der Waals surface area contributed by atoms with Crippen molar-refractivity contribution in [3.05, 3.63) is 65.9 Å². The van der Waals surface area contributed by atoms with Crippen molar-refractivity contribution in [2.24, 2.45) is 0 Å². The smallest absolute Gasteiger partial charge is 0.329 e. The highest BCUT2D eigenvalue weighted by Crippen LogP contribution is 2.31. The van der Waals surface area contributed by atoms with Gasteiger partial charge in [0.05, 0.1) is 13.7 Å². The summed E-state index contributed by atoms with van der Waals surface area (Å²) in [4.78, 5) is 31.1. The molecule has 2 aromatic carbocycles. The molecule has 4 rings (SSSR count). The topological polar surface area (TPSA) is 83.7 Å². The molecule has 2 N–H and O–H groups in total. The van der Waals surface area contributed by atoms with Crippen LogP contribution in [0.15, 0.2) is 54.7 Å². The molecular formula is C27H33N3O4. The van der Waals surface area contributed by atoms with Crippen LogP contribution in [0.3, 0.4) is 0 Å². The quantitative estimate of drug-likeness (QED) is 0.493. The molecule has 2 amide bonds. The Morgan fingerprint density at radius 2 is 1.91 bits per heavy atom. The number of benzene rings is 2. The molecule has 1 aromatic heterocycles. The third kappa shape index (κ3) is 5.03. The van der Waals surface area contributed by atoms with Gasteiger partial charge in [-0.15, -0.1) is 0 Å². The van der Waals surface area contributed by atoms with Gasteiger partial charge in [0.1, 0.15) is 11.8 Å². The van der Waals surface area contributed by atoms with Crippen LogP contribution >= 0.6 is 0 Å². The van der Waals surface area contributed by atoms with E-state index in [1.54, 1.807) is 18.9 Å². The highest BCUT2D eigenvalue weighted by molar-refractivity contribution is 5.88. The number of nitrogens with zero attached hydrogens (tertiary/aromatic N) is 1. The third-order valence-corrected chi connectivity index (χ3v) is 6.78. The molecule has 1 saturated heterocycles. The monoisotopic (exact) mass is 463 g/mol. The largest absolute Gasteiger partial charge is 0.497 e. The average molecular weight is 464 g/mol. The molecule has 7 nitrogen and oxygen atoms in total. The number of hydrogen-bond acceptors (Lipinski definition) is 4. The third-order valence-electron chi connectivity index (χ3n) is 6.78. The Kier molecular flexibility index (Phi) is 7.40. The van der Waals surface area contributed by atoms with Gasteiger partial charge in [-0.2, -0.15) is 0 Å². The molecule has 0 bridgehead atoms. The first kappa shape index (κ1) is 23.7. The summed E-state index contributed by atoms with van der Waals surface area (Å²) in [5, 5.41) is 4.01. The summed E-state index contributed by atoms with van der Waals surface area (Å²) in [6.45, 7) is 5.25. The average Bonchev–Trinajstić information content (AvgIpc) is 3.31. The van der Waals surface area contributed by atoms with Crippen molar-refractivity contribution < 1.29 is 19.1 Å². The molecule has 2 atom stereocenters. The minimum atomic E-state index is -0.775. The first-order valence-electron chi connectivity index (χ1n) is 11.9. The van der Waals surface area contributed by atoms with Crippen LogP contribution in [0, 0.1) is 0 Å². The van der Waals surface area contributed by atoms with E-state index in [0.29, 0.717) is 19.0 Å². The van der Waals surface area contributed by atoms with E-state index in [-0.39, 0.29) is 18.6 Å². The van der Waals surface area contributed by atoms with E-state index in [1.165, 1.54) is 5.56 Å². The number of ether oxygens (including phenoxy) is 2. The SMILES string of the molecule is CCOC(=O)[C@H](NC(=O)N1CCC(c2cccc(OC)c2)CC1)[C@@H](C)c1c[nH]c2ccccc12. The van der Waals surface area contributed by atoms with Crippen LogP contribution in [0.25, 0.3) is 10.9 Å².